The van der Waals surface area contributed by atoms with Gasteiger partial charge in [0, 0.05) is 11.8 Å². The predicted molar refractivity (Wildman–Crippen MR) is 80.0 cm³/mol. The summed E-state index contributed by atoms with van der Waals surface area (Å²) in [6.45, 7) is 3.83. The van der Waals surface area contributed by atoms with Crippen LogP contribution in [0.4, 0.5) is 0 Å². The Balaban J connectivity index is 1.85. The van der Waals surface area contributed by atoms with Gasteiger partial charge in [0.2, 0.25) is 0 Å². The lowest BCUT2D eigenvalue weighted by Gasteiger charge is -2.13. The first-order valence-corrected chi connectivity index (χ1v) is 6.83. The highest BCUT2D eigenvalue weighted by atomic mass is 16.1. The molecule has 2 heterocycles. The smallest absolute Gasteiger partial charge is 0.252 e. The SMILES string of the molecule is Cc1ccccc1C(=O)N[C@@H](C)c1nnc2ccccn12. The maximum absolute atomic E-state index is 12.3. The number of carbonyl (C=O) groups is 1. The third kappa shape index (κ3) is 2.50. The van der Waals surface area contributed by atoms with E-state index >= 15 is 0 Å². The molecule has 5 heteroatoms. The van der Waals surface area contributed by atoms with Crippen molar-refractivity contribution in [2.75, 3.05) is 0 Å². The minimum absolute atomic E-state index is 0.103. The molecule has 1 N–H and O–H groups in total. The zero-order valence-corrected chi connectivity index (χ0v) is 11.9. The van der Waals surface area contributed by atoms with Crippen LogP contribution >= 0.6 is 0 Å². The van der Waals surface area contributed by atoms with E-state index in [-0.39, 0.29) is 11.9 Å². The predicted octanol–water partition coefficient (Wildman–Crippen LogP) is 2.53. The van der Waals surface area contributed by atoms with Crippen molar-refractivity contribution in [1.29, 1.82) is 0 Å². The van der Waals surface area contributed by atoms with Crippen LogP contribution in [0.25, 0.3) is 5.65 Å². The number of nitrogens with one attached hydrogen (secondary N) is 1. The van der Waals surface area contributed by atoms with Crippen LogP contribution in [0.15, 0.2) is 48.7 Å². The van der Waals surface area contributed by atoms with Gasteiger partial charge in [0.15, 0.2) is 11.5 Å². The van der Waals surface area contributed by atoms with E-state index in [1.54, 1.807) is 0 Å². The van der Waals surface area contributed by atoms with Crippen molar-refractivity contribution in [1.82, 2.24) is 19.9 Å². The molecule has 0 saturated carbocycles. The standard InChI is InChI=1S/C16H16N4O/c1-11-7-3-4-8-13(11)16(21)17-12(2)15-19-18-14-9-5-6-10-20(14)15/h3-10,12H,1-2H3,(H,17,21)/t12-/m0/s1. The van der Waals surface area contributed by atoms with Gasteiger partial charge in [0.05, 0.1) is 6.04 Å². The molecule has 0 fully saturated rings. The Morgan fingerprint density at radius 3 is 2.71 bits per heavy atom. The van der Waals surface area contributed by atoms with Crippen LogP contribution in [0, 0.1) is 6.92 Å². The largest absolute Gasteiger partial charge is 0.342 e. The van der Waals surface area contributed by atoms with Gasteiger partial charge in [-0.2, -0.15) is 0 Å². The summed E-state index contributed by atoms with van der Waals surface area (Å²) in [6, 6.07) is 13.0. The lowest BCUT2D eigenvalue weighted by atomic mass is 10.1. The van der Waals surface area contributed by atoms with Gasteiger partial charge in [-0.1, -0.05) is 24.3 Å². The molecule has 0 radical (unpaired) electrons. The Morgan fingerprint density at radius 1 is 1.14 bits per heavy atom. The Morgan fingerprint density at radius 2 is 1.90 bits per heavy atom. The van der Waals surface area contributed by atoms with Gasteiger partial charge >= 0.3 is 0 Å². The second-order valence-corrected chi connectivity index (χ2v) is 5.00. The van der Waals surface area contributed by atoms with Crippen molar-refractivity contribution in [2.24, 2.45) is 0 Å². The van der Waals surface area contributed by atoms with Crippen molar-refractivity contribution in [2.45, 2.75) is 19.9 Å². The Bertz CT molecular complexity index is 794. The lowest BCUT2D eigenvalue weighted by Crippen LogP contribution is -2.28. The number of carbonyl (C=O) groups excluding carboxylic acids is 1. The van der Waals surface area contributed by atoms with Crippen LogP contribution in [-0.4, -0.2) is 20.5 Å². The van der Waals surface area contributed by atoms with E-state index < -0.39 is 0 Å². The van der Waals surface area contributed by atoms with E-state index in [4.69, 9.17) is 0 Å². The van der Waals surface area contributed by atoms with Gasteiger partial charge in [-0.05, 0) is 37.6 Å². The average molecular weight is 280 g/mol. The highest BCUT2D eigenvalue weighted by molar-refractivity contribution is 5.95. The number of rotatable bonds is 3. The van der Waals surface area contributed by atoms with E-state index in [1.807, 2.05) is 66.9 Å². The zero-order chi connectivity index (χ0) is 14.8. The van der Waals surface area contributed by atoms with Crippen molar-refractivity contribution >= 4 is 11.6 Å². The molecule has 0 aliphatic heterocycles. The number of amides is 1. The lowest BCUT2D eigenvalue weighted by molar-refractivity contribution is 0.0937. The Labute approximate surface area is 122 Å². The third-order valence-electron chi connectivity index (χ3n) is 3.46. The number of aryl methyl sites for hydroxylation is 1. The highest BCUT2D eigenvalue weighted by Crippen LogP contribution is 2.14. The second kappa shape index (κ2) is 5.36. The van der Waals surface area contributed by atoms with Gasteiger partial charge in [-0.15, -0.1) is 10.2 Å². The molecule has 0 bridgehead atoms. The summed E-state index contributed by atoms with van der Waals surface area (Å²) in [5, 5.41) is 11.2. The van der Waals surface area contributed by atoms with Gasteiger partial charge in [-0.3, -0.25) is 9.20 Å². The fourth-order valence-electron chi connectivity index (χ4n) is 2.32. The monoisotopic (exact) mass is 280 g/mol. The molecule has 5 nitrogen and oxygen atoms in total. The number of benzene rings is 1. The van der Waals surface area contributed by atoms with Crippen LogP contribution in [-0.2, 0) is 0 Å². The molecule has 2 aromatic heterocycles. The highest BCUT2D eigenvalue weighted by Gasteiger charge is 2.17. The fourth-order valence-corrected chi connectivity index (χ4v) is 2.32. The molecule has 0 unspecified atom stereocenters. The number of fused-ring (bicyclic) bond motifs is 1. The fraction of sp³-hybridized carbons (Fsp3) is 0.188. The van der Waals surface area contributed by atoms with Crippen LogP contribution in [0.3, 0.4) is 0 Å². The van der Waals surface area contributed by atoms with Crippen molar-refractivity contribution in [3.8, 4) is 0 Å². The summed E-state index contributed by atoms with van der Waals surface area (Å²) in [7, 11) is 0. The summed E-state index contributed by atoms with van der Waals surface area (Å²) < 4.78 is 1.88. The van der Waals surface area contributed by atoms with Crippen molar-refractivity contribution in [3.63, 3.8) is 0 Å². The molecule has 21 heavy (non-hydrogen) atoms. The quantitative estimate of drug-likeness (QED) is 0.802. The zero-order valence-electron chi connectivity index (χ0n) is 11.9. The first-order chi connectivity index (χ1) is 10.2. The van der Waals surface area contributed by atoms with E-state index in [1.165, 1.54) is 0 Å². The number of nitrogens with zero attached hydrogens (tertiary/aromatic N) is 3. The number of hydrogen-bond donors (Lipinski definition) is 1. The van der Waals surface area contributed by atoms with Crippen LogP contribution in [0.1, 0.15) is 34.7 Å². The molecule has 106 valence electrons. The minimum atomic E-state index is -0.227. The minimum Gasteiger partial charge on any atom is -0.342 e. The normalized spacial score (nSPS) is 12.3. The van der Waals surface area contributed by atoms with E-state index in [0.717, 1.165) is 11.2 Å². The van der Waals surface area contributed by atoms with Gasteiger partial charge in [0.25, 0.3) is 5.91 Å². The molecule has 3 rings (SSSR count). The average Bonchev–Trinajstić information content (AvgIpc) is 2.91. The van der Waals surface area contributed by atoms with Crippen LogP contribution in [0.2, 0.25) is 0 Å². The molecule has 0 aliphatic carbocycles. The molecular weight excluding hydrogens is 264 g/mol. The Hall–Kier alpha value is -2.69. The van der Waals surface area contributed by atoms with E-state index in [9.17, 15) is 4.79 Å². The topological polar surface area (TPSA) is 59.3 Å². The molecular formula is C16H16N4O. The molecule has 0 aliphatic rings. The summed E-state index contributed by atoms with van der Waals surface area (Å²) >= 11 is 0. The number of pyridine rings is 1. The van der Waals surface area contributed by atoms with Crippen molar-refractivity contribution in [3.05, 3.63) is 65.6 Å². The maximum Gasteiger partial charge on any atom is 0.252 e. The van der Waals surface area contributed by atoms with Gasteiger partial charge in [-0.25, -0.2) is 0 Å². The van der Waals surface area contributed by atoms with E-state index in [2.05, 4.69) is 15.5 Å². The summed E-state index contributed by atoms with van der Waals surface area (Å²) in [5.74, 6) is 0.612. The molecule has 1 atom stereocenters. The first-order valence-electron chi connectivity index (χ1n) is 6.83. The van der Waals surface area contributed by atoms with Crippen molar-refractivity contribution < 1.29 is 4.79 Å². The van der Waals surface area contributed by atoms with Crippen LogP contribution < -0.4 is 5.32 Å². The number of hydrogen-bond acceptors (Lipinski definition) is 3. The van der Waals surface area contributed by atoms with E-state index in [0.29, 0.717) is 11.4 Å². The number of aromatic nitrogens is 3. The molecule has 0 spiro atoms. The van der Waals surface area contributed by atoms with Crippen LogP contribution in [0.5, 0.6) is 0 Å². The molecule has 3 aromatic rings. The summed E-state index contributed by atoms with van der Waals surface area (Å²) in [4.78, 5) is 12.3. The Kier molecular flexibility index (Phi) is 3.39. The molecule has 1 aromatic carbocycles. The second-order valence-electron chi connectivity index (χ2n) is 5.00. The van der Waals surface area contributed by atoms with Gasteiger partial charge in [0.1, 0.15) is 0 Å². The summed E-state index contributed by atoms with van der Waals surface area (Å²) in [5.41, 5.74) is 2.40. The maximum atomic E-state index is 12.3. The van der Waals surface area contributed by atoms with Gasteiger partial charge < -0.3 is 5.32 Å². The molecule has 0 saturated heterocycles. The summed E-state index contributed by atoms with van der Waals surface area (Å²) in [6.07, 6.45) is 1.89. The third-order valence-corrected chi connectivity index (χ3v) is 3.46. The molecule has 1 amide bonds. The first kappa shape index (κ1) is 13.3.